The van der Waals surface area contributed by atoms with Crippen LogP contribution in [-0.4, -0.2) is 41.2 Å². The maximum atomic E-state index is 10.9. The van der Waals surface area contributed by atoms with Crippen molar-refractivity contribution >= 4 is 5.97 Å². The van der Waals surface area contributed by atoms with Gasteiger partial charge in [0.25, 0.3) is 0 Å². The first-order valence-corrected chi connectivity index (χ1v) is 4.68. The minimum absolute atomic E-state index is 0.144. The highest BCUT2D eigenvalue weighted by molar-refractivity contribution is 5.74. The van der Waals surface area contributed by atoms with Gasteiger partial charge in [0.1, 0.15) is 11.8 Å². The first kappa shape index (κ1) is 11.5. The maximum absolute atomic E-state index is 10.9. The molecule has 0 fully saturated rings. The van der Waals surface area contributed by atoms with Gasteiger partial charge in [-0.05, 0) is 25.7 Å². The number of hydrogen-bond acceptors (Lipinski definition) is 3. The zero-order valence-corrected chi connectivity index (χ0v) is 8.84. The van der Waals surface area contributed by atoms with Gasteiger partial charge in [0, 0.05) is 6.42 Å². The Morgan fingerprint density at radius 3 is 2.47 bits per heavy atom. The molecule has 4 heteroatoms. The minimum atomic E-state index is -0.886. The fraction of sp³-hybridized carbons (Fsp3) is 0.364. The molecule has 0 aliphatic rings. The number of phenolic OH excluding ortho intramolecular Hbond substituents is 1. The lowest BCUT2D eigenvalue weighted by molar-refractivity contribution is -0.142. The summed E-state index contributed by atoms with van der Waals surface area (Å²) in [5.41, 5.74) is 0.651. The first-order chi connectivity index (χ1) is 7.02. The largest absolute Gasteiger partial charge is 0.508 e. The quantitative estimate of drug-likeness (QED) is 0.775. The third-order valence-corrected chi connectivity index (χ3v) is 2.31. The van der Waals surface area contributed by atoms with Crippen molar-refractivity contribution in [3.63, 3.8) is 0 Å². The van der Waals surface area contributed by atoms with Gasteiger partial charge in [-0.25, -0.2) is 0 Å². The summed E-state index contributed by atoms with van der Waals surface area (Å²) in [4.78, 5) is 12.6. The summed E-state index contributed by atoms with van der Waals surface area (Å²) in [7, 11) is 3.41. The SMILES string of the molecule is CN(C)C(Cc1ccccc1O)C(=O)O. The number of carboxylic acids is 1. The Labute approximate surface area is 88.8 Å². The van der Waals surface area contributed by atoms with E-state index in [-0.39, 0.29) is 5.75 Å². The van der Waals surface area contributed by atoms with Crippen molar-refractivity contribution in [1.29, 1.82) is 0 Å². The second-order valence-electron chi connectivity index (χ2n) is 3.65. The highest BCUT2D eigenvalue weighted by Gasteiger charge is 2.21. The van der Waals surface area contributed by atoms with Crippen LogP contribution in [0.15, 0.2) is 24.3 Å². The first-order valence-electron chi connectivity index (χ1n) is 4.68. The number of carboxylic acid groups (broad SMARTS) is 1. The van der Waals surface area contributed by atoms with Crippen molar-refractivity contribution in [1.82, 2.24) is 4.90 Å². The molecule has 0 saturated heterocycles. The molecule has 0 aliphatic carbocycles. The molecule has 0 aliphatic heterocycles. The van der Waals surface area contributed by atoms with Crippen molar-refractivity contribution in [2.24, 2.45) is 0 Å². The lowest BCUT2D eigenvalue weighted by Crippen LogP contribution is -2.37. The lowest BCUT2D eigenvalue weighted by Gasteiger charge is -2.20. The molecule has 0 heterocycles. The van der Waals surface area contributed by atoms with Crippen LogP contribution in [0.4, 0.5) is 0 Å². The average molecular weight is 209 g/mol. The Morgan fingerprint density at radius 2 is 2.00 bits per heavy atom. The van der Waals surface area contributed by atoms with E-state index < -0.39 is 12.0 Å². The molecule has 0 amide bonds. The summed E-state index contributed by atoms with van der Waals surface area (Å²) in [5.74, 6) is -0.742. The molecular formula is C11H15NO3. The molecule has 82 valence electrons. The number of para-hydroxylation sites is 1. The number of carbonyl (C=O) groups is 1. The van der Waals surface area contributed by atoms with Crippen molar-refractivity contribution in [3.05, 3.63) is 29.8 Å². The predicted molar refractivity (Wildman–Crippen MR) is 56.9 cm³/mol. The molecule has 1 rings (SSSR count). The van der Waals surface area contributed by atoms with Crippen molar-refractivity contribution in [3.8, 4) is 5.75 Å². The van der Waals surface area contributed by atoms with Crippen LogP contribution >= 0.6 is 0 Å². The molecule has 1 atom stereocenters. The number of phenols is 1. The maximum Gasteiger partial charge on any atom is 0.321 e. The second kappa shape index (κ2) is 4.79. The number of hydrogen-bond donors (Lipinski definition) is 2. The van der Waals surface area contributed by atoms with Gasteiger partial charge in [-0.3, -0.25) is 9.69 Å². The highest BCUT2D eigenvalue weighted by atomic mass is 16.4. The number of likely N-dealkylation sites (N-methyl/N-ethyl adjacent to an activating group) is 1. The van der Waals surface area contributed by atoms with Crippen molar-refractivity contribution < 1.29 is 15.0 Å². The van der Waals surface area contributed by atoms with Crippen LogP contribution in [0, 0.1) is 0 Å². The van der Waals surface area contributed by atoms with Crippen LogP contribution in [0.2, 0.25) is 0 Å². The molecular weight excluding hydrogens is 194 g/mol. The zero-order chi connectivity index (χ0) is 11.4. The summed E-state index contributed by atoms with van der Waals surface area (Å²) in [6.07, 6.45) is 0.301. The summed E-state index contributed by atoms with van der Waals surface area (Å²) < 4.78 is 0. The van der Waals surface area contributed by atoms with Crippen LogP contribution in [0.1, 0.15) is 5.56 Å². The van der Waals surface area contributed by atoms with Crippen LogP contribution < -0.4 is 0 Å². The smallest absolute Gasteiger partial charge is 0.321 e. The van der Waals surface area contributed by atoms with E-state index in [9.17, 15) is 9.90 Å². The molecule has 15 heavy (non-hydrogen) atoms. The summed E-state index contributed by atoms with van der Waals surface area (Å²) in [5, 5.41) is 18.5. The third kappa shape index (κ3) is 2.95. The van der Waals surface area contributed by atoms with E-state index >= 15 is 0 Å². The second-order valence-corrected chi connectivity index (χ2v) is 3.65. The van der Waals surface area contributed by atoms with E-state index in [0.29, 0.717) is 12.0 Å². The number of rotatable bonds is 4. The molecule has 0 aromatic heterocycles. The molecule has 0 radical (unpaired) electrons. The molecule has 2 N–H and O–H groups in total. The van der Waals surface area contributed by atoms with Gasteiger partial charge < -0.3 is 10.2 Å². The molecule has 1 aromatic carbocycles. The molecule has 0 spiro atoms. The molecule has 0 bridgehead atoms. The Morgan fingerprint density at radius 1 is 1.40 bits per heavy atom. The minimum Gasteiger partial charge on any atom is -0.508 e. The zero-order valence-electron chi connectivity index (χ0n) is 8.84. The van der Waals surface area contributed by atoms with E-state index in [2.05, 4.69) is 0 Å². The number of aliphatic carboxylic acids is 1. The van der Waals surface area contributed by atoms with Gasteiger partial charge in [0.15, 0.2) is 0 Å². The van der Waals surface area contributed by atoms with Gasteiger partial charge in [-0.15, -0.1) is 0 Å². The number of nitrogens with zero attached hydrogens (tertiary/aromatic N) is 1. The van der Waals surface area contributed by atoms with Gasteiger partial charge in [-0.2, -0.15) is 0 Å². The standard InChI is InChI=1S/C11H15NO3/c1-12(2)9(11(14)15)7-8-5-3-4-6-10(8)13/h3-6,9,13H,7H2,1-2H3,(H,14,15). The van der Waals surface area contributed by atoms with Gasteiger partial charge in [0.05, 0.1) is 0 Å². The molecule has 0 saturated carbocycles. The van der Waals surface area contributed by atoms with Gasteiger partial charge in [0.2, 0.25) is 0 Å². The van der Waals surface area contributed by atoms with Crippen LogP contribution in [0.25, 0.3) is 0 Å². The van der Waals surface area contributed by atoms with E-state index in [4.69, 9.17) is 5.11 Å². The van der Waals surface area contributed by atoms with Crippen LogP contribution in [0.3, 0.4) is 0 Å². The van der Waals surface area contributed by atoms with Crippen molar-refractivity contribution in [2.45, 2.75) is 12.5 Å². The molecule has 4 nitrogen and oxygen atoms in total. The van der Waals surface area contributed by atoms with Gasteiger partial charge >= 0.3 is 5.97 Å². The Bertz CT molecular complexity index is 349. The van der Waals surface area contributed by atoms with E-state index in [1.807, 2.05) is 0 Å². The predicted octanol–water partition coefficient (Wildman–Crippen LogP) is 0.950. The summed E-state index contributed by atoms with van der Waals surface area (Å²) in [6, 6.07) is 6.17. The van der Waals surface area contributed by atoms with Crippen LogP contribution in [-0.2, 0) is 11.2 Å². The average Bonchev–Trinajstić information content (AvgIpc) is 2.15. The van der Waals surface area contributed by atoms with E-state index in [1.165, 1.54) is 0 Å². The highest BCUT2D eigenvalue weighted by Crippen LogP contribution is 2.18. The monoisotopic (exact) mass is 209 g/mol. The lowest BCUT2D eigenvalue weighted by atomic mass is 10.0. The van der Waals surface area contributed by atoms with Gasteiger partial charge in [-0.1, -0.05) is 18.2 Å². The summed E-state index contributed by atoms with van der Waals surface area (Å²) >= 11 is 0. The third-order valence-electron chi connectivity index (χ3n) is 2.31. The normalized spacial score (nSPS) is 12.7. The number of benzene rings is 1. The Kier molecular flexibility index (Phi) is 3.68. The van der Waals surface area contributed by atoms with E-state index in [0.717, 1.165) is 0 Å². The summed E-state index contributed by atoms with van der Waals surface area (Å²) in [6.45, 7) is 0. The Hall–Kier alpha value is -1.55. The topological polar surface area (TPSA) is 60.8 Å². The molecule has 1 aromatic rings. The fourth-order valence-electron chi connectivity index (χ4n) is 1.38. The van der Waals surface area contributed by atoms with Crippen LogP contribution in [0.5, 0.6) is 5.75 Å². The fourth-order valence-corrected chi connectivity index (χ4v) is 1.38. The van der Waals surface area contributed by atoms with E-state index in [1.54, 1.807) is 43.3 Å². The Balaban J connectivity index is 2.84. The van der Waals surface area contributed by atoms with Crippen molar-refractivity contribution in [2.75, 3.05) is 14.1 Å². The molecule has 1 unspecified atom stereocenters. The number of aromatic hydroxyl groups is 1.